The number of hydrogen-bond donors (Lipinski definition) is 5. The molecule has 33 heteroatoms. The first-order chi connectivity index (χ1) is 55.5. The Hall–Kier alpha value is -9.98. The van der Waals surface area contributed by atoms with Crippen molar-refractivity contribution in [2.24, 2.45) is 0 Å². The minimum Gasteiger partial charge on any atom is -0.554 e. The predicted molar refractivity (Wildman–Crippen MR) is 451 cm³/mol. The van der Waals surface area contributed by atoms with Crippen LogP contribution in [0, 0.1) is 54.9 Å². The summed E-state index contributed by atoms with van der Waals surface area (Å²) < 4.78 is 135. The van der Waals surface area contributed by atoms with E-state index >= 15 is 0 Å². The van der Waals surface area contributed by atoms with Crippen LogP contribution >= 0.6 is 15.9 Å². The molecule has 22 nitrogen and oxygen atoms in total. The van der Waals surface area contributed by atoms with E-state index < -0.39 is 90.0 Å². The lowest BCUT2D eigenvalue weighted by molar-refractivity contribution is -0.284. The normalized spacial score (nSPS) is 15.3. The number of anilines is 2. The molecule has 0 amide bonds. The molecule has 0 saturated carbocycles. The SMILES string of the molecule is Cc1cc(C(=O)O)cc(C)c1C1=c2cc3c(cc2[Si](C)(C)c2cc(N4CCN(Cc5ccc(S(=O)(=O)O)cc5S(=O)(=O)O)CC4)ccc21)=[N+](C)CC3.Cc1cc(C(=O)O)cc(C)c1C1=c2cc3c(cc2[Si](C)(C)c2cc(N4CCNCC4)ccc21)=[N+](C)CC3.Cc1cc(C(=O)OC(C)(C)C)cc(C)c1Br.F[C+](F)F.F[C+](F)F.O=C[O-].O=C[O-]. The second-order valence-corrected chi connectivity index (χ2v) is 44.0. The molecule has 0 unspecified atom stereocenters. The van der Waals surface area contributed by atoms with Gasteiger partial charge in [-0.25, -0.2) is 23.5 Å². The Kier molecular flexibility index (Phi) is 30.7. The molecule has 14 rings (SSSR count). The van der Waals surface area contributed by atoms with E-state index in [0.717, 1.165) is 119 Å². The van der Waals surface area contributed by atoms with Crippen molar-refractivity contribution in [2.45, 2.75) is 123 Å². The summed E-state index contributed by atoms with van der Waals surface area (Å²) in [7, 11) is -9.34. The molecule has 634 valence electrons. The van der Waals surface area contributed by atoms with Crippen molar-refractivity contribution in [3.05, 3.63) is 243 Å². The van der Waals surface area contributed by atoms with Crippen LogP contribution in [0.25, 0.3) is 11.1 Å². The van der Waals surface area contributed by atoms with Crippen LogP contribution < -0.4 is 76.4 Å². The average Bonchev–Trinajstić information content (AvgIpc) is 1.48. The van der Waals surface area contributed by atoms with E-state index in [1.807, 2.05) is 72.7 Å². The van der Waals surface area contributed by atoms with Crippen LogP contribution in [0.1, 0.15) is 124 Å². The van der Waals surface area contributed by atoms with Gasteiger partial charge in [-0.05, 0) is 251 Å². The van der Waals surface area contributed by atoms with Crippen LogP contribution in [-0.2, 0) is 53.9 Å². The van der Waals surface area contributed by atoms with E-state index in [2.05, 4.69) is 160 Å². The predicted octanol–water partition coefficient (Wildman–Crippen LogP) is 6.79. The molecule has 0 bridgehead atoms. The number of benzene rings is 8. The van der Waals surface area contributed by atoms with Gasteiger partial charge in [-0.1, -0.05) is 60.3 Å². The fourth-order valence-electron chi connectivity index (χ4n) is 16.4. The molecular formula is C86H97BrF6N6O16S2Si2+2. The molecule has 0 aliphatic carbocycles. The van der Waals surface area contributed by atoms with E-state index in [-0.39, 0.29) is 23.6 Å². The summed E-state index contributed by atoms with van der Waals surface area (Å²) in [5, 5.41) is 50.3. The molecule has 2 saturated heterocycles. The highest BCUT2D eigenvalue weighted by Crippen LogP contribution is 2.36. The number of hydrogen-bond acceptors (Lipinski definition) is 16. The van der Waals surface area contributed by atoms with E-state index in [9.17, 15) is 76.9 Å². The summed E-state index contributed by atoms with van der Waals surface area (Å²) in [4.78, 5) is 57.8. The molecule has 6 heterocycles. The zero-order valence-corrected chi connectivity index (χ0v) is 73.9. The van der Waals surface area contributed by atoms with Gasteiger partial charge in [0.15, 0.2) is 0 Å². The van der Waals surface area contributed by atoms with Crippen LogP contribution in [0.2, 0.25) is 26.2 Å². The van der Waals surface area contributed by atoms with Crippen molar-refractivity contribution in [1.82, 2.24) is 19.4 Å². The van der Waals surface area contributed by atoms with Crippen LogP contribution in [-0.4, -0.2) is 173 Å². The third kappa shape index (κ3) is 22.2. The lowest BCUT2D eigenvalue weighted by Gasteiger charge is -2.38. The maximum absolute atomic E-state index is 12.2. The molecule has 0 atom stereocenters. The van der Waals surface area contributed by atoms with Gasteiger partial charge in [0.1, 0.15) is 48.9 Å². The number of fused-ring (bicyclic) bond motifs is 6. The van der Waals surface area contributed by atoms with Crippen molar-refractivity contribution < 1.29 is 101 Å². The number of nitrogens with zero attached hydrogens (tertiary/aromatic N) is 5. The van der Waals surface area contributed by atoms with Crippen LogP contribution in [0.4, 0.5) is 37.7 Å². The third-order valence-corrected chi connectivity index (χ3v) is 31.9. The number of carboxylic acid groups (broad SMARTS) is 4. The Labute approximate surface area is 698 Å². The Balaban J connectivity index is 0.000000227. The quantitative estimate of drug-likeness (QED) is 0.0169. The molecule has 0 aromatic heterocycles. The largest absolute Gasteiger partial charge is 0.724 e. The average molecular weight is 1780 g/mol. The van der Waals surface area contributed by atoms with Gasteiger partial charge >= 0.3 is 31.3 Å². The van der Waals surface area contributed by atoms with E-state index in [1.165, 1.54) is 87.0 Å². The lowest BCUT2D eigenvalue weighted by atomic mass is 9.87. The van der Waals surface area contributed by atoms with E-state index in [0.29, 0.717) is 37.3 Å². The van der Waals surface area contributed by atoms with Gasteiger partial charge in [-0.3, -0.25) is 14.0 Å². The molecular weight excluding hydrogens is 1690 g/mol. The number of esters is 1. The van der Waals surface area contributed by atoms with Crippen LogP contribution in [0.15, 0.2) is 130 Å². The number of rotatable bonds is 11. The van der Waals surface area contributed by atoms with Crippen molar-refractivity contribution in [3.63, 3.8) is 0 Å². The second-order valence-electron chi connectivity index (χ2n) is 31.7. The minimum absolute atomic E-state index is 0.173. The second kappa shape index (κ2) is 38.6. The monoisotopic (exact) mass is 1780 g/mol. The number of likely N-dealkylation sites (N-methyl/N-ethyl adjacent to an activating group) is 2. The number of piperazine rings is 2. The summed E-state index contributed by atoms with van der Waals surface area (Å²) in [5.74, 6) is -2.09. The van der Waals surface area contributed by atoms with Crippen LogP contribution in [0.3, 0.4) is 0 Å². The highest BCUT2D eigenvalue weighted by molar-refractivity contribution is 9.10. The highest BCUT2D eigenvalue weighted by atomic mass is 79.9. The first-order valence-corrected chi connectivity index (χ1v) is 47.5. The molecule has 119 heavy (non-hydrogen) atoms. The van der Waals surface area contributed by atoms with Crippen molar-refractivity contribution >= 4 is 126 Å². The molecule has 5 N–H and O–H groups in total. The summed E-state index contributed by atoms with van der Waals surface area (Å²) in [6.07, 6.45) is 2.05. The third-order valence-electron chi connectivity index (χ3n) is 21.8. The molecule has 0 spiro atoms. The molecule has 0 radical (unpaired) electrons. The zero-order chi connectivity index (χ0) is 88.6. The van der Waals surface area contributed by atoms with E-state index in [1.54, 1.807) is 12.1 Å². The maximum atomic E-state index is 12.2. The molecule has 8 aromatic rings. The zero-order valence-electron chi connectivity index (χ0n) is 68.7. The van der Waals surface area contributed by atoms with Crippen molar-refractivity contribution in [3.8, 4) is 0 Å². The van der Waals surface area contributed by atoms with Gasteiger partial charge in [0.25, 0.3) is 20.2 Å². The number of halogens is 7. The van der Waals surface area contributed by atoms with Gasteiger partial charge in [0.2, 0.25) is 10.7 Å². The summed E-state index contributed by atoms with van der Waals surface area (Å²) in [6.45, 7) is 29.1. The van der Waals surface area contributed by atoms with E-state index in [4.69, 9.17) is 24.5 Å². The number of carbonyl (C=O) groups is 5. The van der Waals surface area contributed by atoms with Gasteiger partial charge in [0, 0.05) is 124 Å². The smallest absolute Gasteiger partial charge is 0.554 e. The Morgan fingerprint density at radius 2 is 0.916 bits per heavy atom. The molecule has 6 aliphatic heterocycles. The number of nitrogens with one attached hydrogen (secondary N) is 1. The summed E-state index contributed by atoms with van der Waals surface area (Å²) in [6, 6.07) is 37.7. The standard InChI is InChI=1S/C38H41N3O8S2Si.C31H35N3O2Si.C13H17BrO2.2CF3.2CH2O2/c1-23-16-27(38(42)43)17-24(2)36(23)37-30-9-7-28(19-34(30)52(4,5)35-21-32-25(18-31(35)37)10-11-39(32)3)41-14-12-40(13-15-41)22-26-6-8-29(50(44,45)46)20-33(26)51(47,48)49;1-19-14-22(31(35)36)15-20(2)29(19)30-24-7-6-23(34-12-9-32-10-13-34)17-27(24)37(4,5)28-18-26-21(16-25(28)30)8-11-33(26)3;1-8-6-10(7-9(2)11(8)14)12(15)16-13(3,4)5;2*2-1(3)4;2*2-1-3/h6-9,16-21H,10-15,22H2,1-5H3,(H2-,42,43,44,45,46,47,48,49);6-7,14-18,32H,8-13H2,1-5H3;6-7H,1-5H3;;;2*1H,(H,2,3)/q;;;2*+1;;. The topological polar surface area (TPSA) is 318 Å². The molecule has 2 fully saturated rings. The summed E-state index contributed by atoms with van der Waals surface area (Å²) in [5.41, 5.74) is 19.3. The van der Waals surface area contributed by atoms with Crippen molar-refractivity contribution in [1.29, 1.82) is 0 Å². The van der Waals surface area contributed by atoms with Gasteiger partial charge in [-0.15, -0.1) is 0 Å². The number of carboxylic acids is 2. The number of carbonyl (C=O) groups excluding carboxylic acids is 3. The first kappa shape index (κ1) is 94.5. The van der Waals surface area contributed by atoms with Crippen molar-refractivity contribution in [2.75, 3.05) is 89.3 Å². The van der Waals surface area contributed by atoms with Gasteiger partial charge in [-0.2, -0.15) is 16.8 Å². The molecule has 8 aromatic carbocycles. The van der Waals surface area contributed by atoms with Gasteiger partial charge in [0.05, 0.1) is 52.8 Å². The lowest BCUT2D eigenvalue weighted by Crippen LogP contribution is -2.64. The number of aromatic carboxylic acids is 2. The summed E-state index contributed by atoms with van der Waals surface area (Å²) >= 11 is 3.47. The highest BCUT2D eigenvalue weighted by Gasteiger charge is 2.41. The van der Waals surface area contributed by atoms with Gasteiger partial charge < -0.3 is 49.9 Å². The first-order valence-electron chi connectivity index (χ1n) is 37.8. The fourth-order valence-corrected chi connectivity index (χ4v) is 24.1. The number of ether oxygens (including phenoxy) is 1. The fraction of sp³-hybridized carbons (Fsp3) is 0.337. The number of aryl methyl sites for hydroxylation is 6. The molecule has 6 aliphatic rings. The minimum atomic E-state index is -4.74. The van der Waals surface area contributed by atoms with Crippen LogP contribution in [0.5, 0.6) is 0 Å². The Morgan fingerprint density at radius 1 is 0.546 bits per heavy atom. The Morgan fingerprint density at radius 3 is 1.27 bits per heavy atom. The maximum Gasteiger partial charge on any atom is 0.724 e. The Bertz CT molecular complexity index is 5710.